The van der Waals surface area contributed by atoms with Crippen molar-refractivity contribution in [3.8, 4) is 0 Å². The van der Waals surface area contributed by atoms with Gasteiger partial charge in [-0.25, -0.2) is 0 Å². The highest BCUT2D eigenvalue weighted by Gasteiger charge is 2.27. The van der Waals surface area contributed by atoms with Crippen LogP contribution in [0.3, 0.4) is 0 Å². The number of fused-ring (bicyclic) bond motifs is 1. The predicted octanol–water partition coefficient (Wildman–Crippen LogP) is 2.79. The molecule has 150 valence electrons. The van der Waals surface area contributed by atoms with E-state index in [2.05, 4.69) is 17.1 Å². The van der Waals surface area contributed by atoms with E-state index in [0.29, 0.717) is 0 Å². The van der Waals surface area contributed by atoms with E-state index in [-0.39, 0.29) is 17.7 Å². The predicted molar refractivity (Wildman–Crippen MR) is 110 cm³/mol. The number of aryl methyl sites for hydroxylation is 1. The minimum atomic E-state index is 0.0465. The van der Waals surface area contributed by atoms with Crippen LogP contribution in [0.15, 0.2) is 6.07 Å². The summed E-state index contributed by atoms with van der Waals surface area (Å²) in [5.41, 5.74) is 1.19. The molecule has 1 aromatic heterocycles. The third kappa shape index (κ3) is 5.32. The van der Waals surface area contributed by atoms with E-state index < -0.39 is 0 Å². The molecule has 1 atom stereocenters. The van der Waals surface area contributed by atoms with Crippen molar-refractivity contribution in [2.45, 2.75) is 45.4 Å². The van der Waals surface area contributed by atoms with Gasteiger partial charge in [-0.05, 0) is 75.7 Å². The van der Waals surface area contributed by atoms with Crippen LogP contribution in [0.25, 0.3) is 0 Å². The number of amides is 2. The standard InChI is InChI=1S/C21H33N3O2S/c1-15-7-11-24(12-8-15)10-4-9-22-20(25)16-5-6-18-17(13-16)14-19(27-18)21(26)23(2)3/h14-16H,4-13H2,1-3H3,(H,22,25). The number of nitrogens with zero attached hydrogens (tertiary/aromatic N) is 2. The summed E-state index contributed by atoms with van der Waals surface area (Å²) in [5, 5.41) is 3.14. The highest BCUT2D eigenvalue weighted by Crippen LogP contribution is 2.33. The molecule has 0 aromatic carbocycles. The van der Waals surface area contributed by atoms with Crippen molar-refractivity contribution in [1.82, 2.24) is 15.1 Å². The van der Waals surface area contributed by atoms with Crippen molar-refractivity contribution >= 4 is 23.2 Å². The van der Waals surface area contributed by atoms with Crippen LogP contribution >= 0.6 is 11.3 Å². The fourth-order valence-corrected chi connectivity index (χ4v) is 5.25. The highest BCUT2D eigenvalue weighted by atomic mass is 32.1. The molecule has 1 aliphatic carbocycles. The Morgan fingerprint density at radius 3 is 2.70 bits per heavy atom. The van der Waals surface area contributed by atoms with Gasteiger partial charge in [-0.1, -0.05) is 6.92 Å². The maximum Gasteiger partial charge on any atom is 0.263 e. The number of carbonyl (C=O) groups is 2. The Bertz CT molecular complexity index is 662. The van der Waals surface area contributed by atoms with Gasteiger partial charge in [0.2, 0.25) is 5.91 Å². The molecule has 1 aliphatic heterocycles. The molecule has 1 aromatic rings. The molecule has 2 amide bonds. The van der Waals surface area contributed by atoms with Crippen LogP contribution in [-0.4, -0.2) is 61.9 Å². The molecule has 0 radical (unpaired) electrons. The third-order valence-electron chi connectivity index (χ3n) is 5.90. The number of rotatable bonds is 6. The van der Waals surface area contributed by atoms with Crippen molar-refractivity contribution in [1.29, 1.82) is 0 Å². The SMILES string of the molecule is CC1CCN(CCCNC(=O)C2CCc3sc(C(=O)N(C)C)cc3C2)CC1. The van der Waals surface area contributed by atoms with E-state index in [1.807, 2.05) is 6.07 Å². The van der Waals surface area contributed by atoms with E-state index >= 15 is 0 Å². The number of piperidine rings is 1. The smallest absolute Gasteiger partial charge is 0.263 e. The Kier molecular flexibility index (Phi) is 6.93. The maximum absolute atomic E-state index is 12.6. The number of carbonyl (C=O) groups excluding carboxylic acids is 2. The van der Waals surface area contributed by atoms with E-state index in [4.69, 9.17) is 0 Å². The van der Waals surface area contributed by atoms with Gasteiger partial charge in [0.05, 0.1) is 4.88 Å². The molecule has 6 heteroatoms. The molecular formula is C21H33N3O2S. The van der Waals surface area contributed by atoms with Crippen molar-refractivity contribution in [3.63, 3.8) is 0 Å². The monoisotopic (exact) mass is 391 g/mol. The van der Waals surface area contributed by atoms with E-state index in [9.17, 15) is 9.59 Å². The van der Waals surface area contributed by atoms with Crippen LogP contribution in [-0.2, 0) is 17.6 Å². The molecule has 1 unspecified atom stereocenters. The first-order valence-corrected chi connectivity index (χ1v) is 11.1. The number of nitrogens with one attached hydrogen (secondary N) is 1. The van der Waals surface area contributed by atoms with Crippen molar-refractivity contribution in [3.05, 3.63) is 21.4 Å². The second-order valence-electron chi connectivity index (χ2n) is 8.37. The minimum Gasteiger partial charge on any atom is -0.356 e. The van der Waals surface area contributed by atoms with Gasteiger partial charge in [0.1, 0.15) is 0 Å². The molecule has 2 heterocycles. The van der Waals surface area contributed by atoms with Crippen LogP contribution in [0.1, 0.15) is 52.7 Å². The van der Waals surface area contributed by atoms with Crippen molar-refractivity contribution in [2.75, 3.05) is 40.3 Å². The summed E-state index contributed by atoms with van der Waals surface area (Å²) in [6, 6.07) is 2.00. The van der Waals surface area contributed by atoms with Crippen molar-refractivity contribution in [2.24, 2.45) is 11.8 Å². The van der Waals surface area contributed by atoms with Gasteiger partial charge in [-0.3, -0.25) is 9.59 Å². The highest BCUT2D eigenvalue weighted by molar-refractivity contribution is 7.14. The fourth-order valence-electron chi connectivity index (χ4n) is 4.02. The number of thiophene rings is 1. The maximum atomic E-state index is 12.6. The summed E-state index contributed by atoms with van der Waals surface area (Å²) in [5.74, 6) is 1.15. The molecule has 0 bridgehead atoms. The molecule has 27 heavy (non-hydrogen) atoms. The van der Waals surface area contributed by atoms with E-state index in [1.54, 1.807) is 30.3 Å². The van der Waals surface area contributed by atoms with Gasteiger partial charge in [-0.2, -0.15) is 0 Å². The lowest BCUT2D eigenvalue weighted by atomic mass is 9.87. The Labute approximate surface area is 167 Å². The third-order valence-corrected chi connectivity index (χ3v) is 7.12. The zero-order valence-corrected chi connectivity index (χ0v) is 17.7. The summed E-state index contributed by atoms with van der Waals surface area (Å²) in [4.78, 5) is 30.9. The molecule has 0 spiro atoms. The van der Waals surface area contributed by atoms with Gasteiger partial charge in [-0.15, -0.1) is 11.3 Å². The normalized spacial score (nSPS) is 20.9. The fraction of sp³-hybridized carbons (Fsp3) is 0.714. The summed E-state index contributed by atoms with van der Waals surface area (Å²) in [7, 11) is 3.56. The van der Waals surface area contributed by atoms with Gasteiger partial charge >= 0.3 is 0 Å². The van der Waals surface area contributed by atoms with Crippen molar-refractivity contribution < 1.29 is 9.59 Å². The first kappa shape index (κ1) is 20.3. The van der Waals surface area contributed by atoms with Crippen LogP contribution in [0.5, 0.6) is 0 Å². The molecule has 3 rings (SSSR count). The molecule has 2 aliphatic rings. The molecule has 0 saturated carbocycles. The second-order valence-corrected chi connectivity index (χ2v) is 9.50. The number of hydrogen-bond donors (Lipinski definition) is 1. The van der Waals surface area contributed by atoms with Crippen LogP contribution in [0, 0.1) is 11.8 Å². The van der Waals surface area contributed by atoms with E-state index in [1.165, 1.54) is 36.4 Å². The zero-order valence-electron chi connectivity index (χ0n) is 16.9. The summed E-state index contributed by atoms with van der Waals surface area (Å²) < 4.78 is 0. The van der Waals surface area contributed by atoms with Gasteiger partial charge in [0, 0.05) is 31.4 Å². The largest absolute Gasteiger partial charge is 0.356 e. The molecule has 1 saturated heterocycles. The van der Waals surface area contributed by atoms with Gasteiger partial charge < -0.3 is 15.1 Å². The molecule has 1 N–H and O–H groups in total. The molecule has 5 nitrogen and oxygen atoms in total. The lowest BCUT2D eigenvalue weighted by Crippen LogP contribution is -2.37. The van der Waals surface area contributed by atoms with Crippen LogP contribution in [0.4, 0.5) is 0 Å². The average Bonchev–Trinajstić information content (AvgIpc) is 3.08. The minimum absolute atomic E-state index is 0.0465. The Morgan fingerprint density at radius 1 is 1.26 bits per heavy atom. The summed E-state index contributed by atoms with van der Waals surface area (Å²) in [6.07, 6.45) is 6.19. The second kappa shape index (κ2) is 9.20. The first-order valence-electron chi connectivity index (χ1n) is 10.3. The summed E-state index contributed by atoms with van der Waals surface area (Å²) >= 11 is 1.59. The topological polar surface area (TPSA) is 52.7 Å². The van der Waals surface area contributed by atoms with Crippen LogP contribution < -0.4 is 5.32 Å². The Balaban J connectivity index is 1.42. The molecular weight excluding hydrogens is 358 g/mol. The van der Waals surface area contributed by atoms with Crippen LogP contribution in [0.2, 0.25) is 0 Å². The lowest BCUT2D eigenvalue weighted by molar-refractivity contribution is -0.125. The molecule has 1 fully saturated rings. The number of likely N-dealkylation sites (tertiary alicyclic amines) is 1. The van der Waals surface area contributed by atoms with Gasteiger partial charge in [0.25, 0.3) is 5.91 Å². The van der Waals surface area contributed by atoms with Gasteiger partial charge in [0.15, 0.2) is 0 Å². The zero-order chi connectivity index (χ0) is 19.4. The number of hydrogen-bond acceptors (Lipinski definition) is 4. The first-order chi connectivity index (χ1) is 12.9. The Hall–Kier alpha value is -1.40. The quantitative estimate of drug-likeness (QED) is 0.759. The lowest BCUT2D eigenvalue weighted by Gasteiger charge is -2.30. The average molecular weight is 392 g/mol. The summed E-state index contributed by atoms with van der Waals surface area (Å²) in [6.45, 7) is 6.59. The van der Waals surface area contributed by atoms with E-state index in [0.717, 1.165) is 49.6 Å². The Morgan fingerprint density at radius 2 is 2.00 bits per heavy atom.